The minimum Gasteiger partial charge on any atom is -0.507 e. The Morgan fingerprint density at radius 1 is 1.19 bits per heavy atom. The number of ether oxygens (including phenoxy) is 1. The highest BCUT2D eigenvalue weighted by Gasteiger charge is 2.12. The molecule has 138 valence electrons. The number of carbonyl (C=O) groups excluding carboxylic acids is 1. The molecule has 3 aromatic carbocycles. The van der Waals surface area contributed by atoms with Gasteiger partial charge in [0.15, 0.2) is 11.5 Å². The summed E-state index contributed by atoms with van der Waals surface area (Å²) in [6, 6.07) is 13.8. The Bertz CT molecular complexity index is 1030. The topological polar surface area (TPSA) is 91.2 Å². The number of amides is 1. The number of hydrogen-bond acceptors (Lipinski definition) is 5. The highest BCUT2D eigenvalue weighted by molar-refractivity contribution is 9.10. The molecule has 6 nitrogen and oxygen atoms in total. The molecule has 0 aliphatic carbocycles. The van der Waals surface area contributed by atoms with Crippen LogP contribution in [0.15, 0.2) is 58.1 Å². The maximum Gasteiger partial charge on any atom is 0.275 e. The molecule has 0 aliphatic heterocycles. The molecule has 0 saturated heterocycles. The summed E-state index contributed by atoms with van der Waals surface area (Å²) in [5.74, 6) is -0.460. The van der Waals surface area contributed by atoms with Crippen LogP contribution in [0.1, 0.15) is 22.8 Å². The minimum atomic E-state index is -0.561. The quantitative estimate of drug-likeness (QED) is 0.419. The number of nitrogens with one attached hydrogen (secondary N) is 1. The normalized spacial score (nSPS) is 11.0. The zero-order chi connectivity index (χ0) is 19.4. The van der Waals surface area contributed by atoms with Crippen LogP contribution in [0.25, 0.3) is 10.8 Å². The highest BCUT2D eigenvalue weighted by Crippen LogP contribution is 2.33. The smallest absolute Gasteiger partial charge is 0.275 e. The second kappa shape index (κ2) is 8.09. The predicted octanol–water partition coefficient (Wildman–Crippen LogP) is 4.18. The molecule has 0 bridgehead atoms. The Morgan fingerprint density at radius 3 is 2.59 bits per heavy atom. The van der Waals surface area contributed by atoms with Gasteiger partial charge in [0.2, 0.25) is 0 Å². The summed E-state index contributed by atoms with van der Waals surface area (Å²) >= 11 is 3.33. The summed E-state index contributed by atoms with van der Waals surface area (Å²) in [5, 5.41) is 25.8. The van der Waals surface area contributed by atoms with Crippen LogP contribution < -0.4 is 10.2 Å². The van der Waals surface area contributed by atoms with Crippen LogP contribution in [0.3, 0.4) is 0 Å². The Hall–Kier alpha value is -3.06. The van der Waals surface area contributed by atoms with Gasteiger partial charge in [-0.3, -0.25) is 4.79 Å². The summed E-state index contributed by atoms with van der Waals surface area (Å²) in [4.78, 5) is 12.3. The number of aromatic hydroxyl groups is 2. The summed E-state index contributed by atoms with van der Waals surface area (Å²) in [6.45, 7) is 2.21. The van der Waals surface area contributed by atoms with Crippen molar-refractivity contribution < 1.29 is 19.7 Å². The van der Waals surface area contributed by atoms with Crippen molar-refractivity contribution in [2.24, 2.45) is 5.10 Å². The maximum atomic E-state index is 12.3. The van der Waals surface area contributed by atoms with Crippen LogP contribution in [-0.2, 0) is 0 Å². The fraction of sp³-hybridized carbons (Fsp3) is 0.100. The van der Waals surface area contributed by atoms with E-state index in [9.17, 15) is 15.0 Å². The number of rotatable bonds is 5. The van der Waals surface area contributed by atoms with E-state index in [2.05, 4.69) is 26.5 Å². The van der Waals surface area contributed by atoms with Crippen molar-refractivity contribution >= 4 is 38.8 Å². The number of phenolic OH excluding ortho intramolecular Hbond substituents is 2. The number of hydrogen-bond donors (Lipinski definition) is 3. The Morgan fingerprint density at radius 2 is 1.89 bits per heavy atom. The van der Waals surface area contributed by atoms with E-state index in [0.717, 1.165) is 10.8 Å². The molecular formula is C20H17BrN2O4. The number of halogens is 1. The molecule has 0 saturated carbocycles. The zero-order valence-electron chi connectivity index (χ0n) is 14.4. The first-order valence-electron chi connectivity index (χ1n) is 8.20. The van der Waals surface area contributed by atoms with Crippen LogP contribution in [-0.4, -0.2) is 28.9 Å². The molecule has 3 rings (SSSR count). The number of carbonyl (C=O) groups is 1. The van der Waals surface area contributed by atoms with E-state index in [0.29, 0.717) is 22.4 Å². The summed E-state index contributed by atoms with van der Waals surface area (Å²) in [5.41, 5.74) is 2.84. The molecule has 1 amide bonds. The predicted molar refractivity (Wildman–Crippen MR) is 108 cm³/mol. The molecule has 0 aromatic heterocycles. The van der Waals surface area contributed by atoms with Crippen molar-refractivity contribution in [2.45, 2.75) is 6.92 Å². The molecule has 3 aromatic rings. The minimum absolute atomic E-state index is 0.0772. The van der Waals surface area contributed by atoms with Gasteiger partial charge in [-0.2, -0.15) is 5.10 Å². The third kappa shape index (κ3) is 4.20. The standard InChI is InChI=1S/C20H17BrN2O4/c1-2-27-18-10-15(21)7-14(19(18)25)11-22-23-20(26)16-8-12-5-3-4-6-13(12)9-17(16)24/h3-11,24-25H,2H2,1H3,(H,23,26)/b22-11+. The Labute approximate surface area is 164 Å². The molecule has 0 unspecified atom stereocenters. The molecule has 0 atom stereocenters. The molecule has 0 aliphatic rings. The van der Waals surface area contributed by atoms with Gasteiger partial charge in [-0.15, -0.1) is 0 Å². The molecule has 0 spiro atoms. The zero-order valence-corrected chi connectivity index (χ0v) is 16.0. The maximum absolute atomic E-state index is 12.3. The molecule has 0 heterocycles. The van der Waals surface area contributed by atoms with Crippen molar-refractivity contribution in [1.29, 1.82) is 0 Å². The van der Waals surface area contributed by atoms with E-state index >= 15 is 0 Å². The van der Waals surface area contributed by atoms with Gasteiger partial charge in [-0.1, -0.05) is 40.2 Å². The van der Waals surface area contributed by atoms with Crippen molar-refractivity contribution in [3.8, 4) is 17.2 Å². The third-order valence-electron chi connectivity index (χ3n) is 3.85. The van der Waals surface area contributed by atoms with Gasteiger partial charge in [0.1, 0.15) is 5.75 Å². The van der Waals surface area contributed by atoms with Crippen molar-refractivity contribution in [2.75, 3.05) is 6.61 Å². The van der Waals surface area contributed by atoms with Gasteiger partial charge >= 0.3 is 0 Å². The molecule has 3 N–H and O–H groups in total. The van der Waals surface area contributed by atoms with Gasteiger partial charge in [0.25, 0.3) is 5.91 Å². The summed E-state index contributed by atoms with van der Waals surface area (Å²) < 4.78 is 6.05. The van der Waals surface area contributed by atoms with Crippen molar-refractivity contribution in [3.05, 3.63) is 64.1 Å². The lowest BCUT2D eigenvalue weighted by Crippen LogP contribution is -2.17. The van der Waals surface area contributed by atoms with E-state index in [1.807, 2.05) is 31.2 Å². The number of fused-ring (bicyclic) bond motifs is 1. The van der Waals surface area contributed by atoms with E-state index < -0.39 is 5.91 Å². The average Bonchev–Trinajstić information content (AvgIpc) is 2.64. The lowest BCUT2D eigenvalue weighted by Gasteiger charge is -2.09. The molecular weight excluding hydrogens is 412 g/mol. The first kappa shape index (κ1) is 18.7. The average molecular weight is 429 g/mol. The van der Waals surface area contributed by atoms with Crippen LogP contribution in [0.4, 0.5) is 0 Å². The SMILES string of the molecule is CCOc1cc(Br)cc(/C=N/NC(=O)c2cc3ccccc3cc2O)c1O. The van der Waals surface area contributed by atoms with Gasteiger partial charge in [-0.05, 0) is 42.0 Å². The first-order valence-corrected chi connectivity index (χ1v) is 8.99. The molecule has 0 radical (unpaired) electrons. The van der Waals surface area contributed by atoms with E-state index in [1.165, 1.54) is 12.3 Å². The van der Waals surface area contributed by atoms with Gasteiger partial charge in [0, 0.05) is 10.0 Å². The van der Waals surface area contributed by atoms with E-state index in [4.69, 9.17) is 4.74 Å². The van der Waals surface area contributed by atoms with Crippen molar-refractivity contribution in [3.63, 3.8) is 0 Å². The monoisotopic (exact) mass is 428 g/mol. The second-order valence-electron chi connectivity index (χ2n) is 5.69. The number of phenols is 2. The second-order valence-corrected chi connectivity index (χ2v) is 6.61. The number of benzene rings is 3. The van der Waals surface area contributed by atoms with Crippen LogP contribution in [0.5, 0.6) is 17.2 Å². The lowest BCUT2D eigenvalue weighted by molar-refractivity contribution is 0.0952. The fourth-order valence-corrected chi connectivity index (χ4v) is 3.04. The van der Waals surface area contributed by atoms with E-state index in [1.54, 1.807) is 18.2 Å². The fourth-order valence-electron chi connectivity index (χ4n) is 2.59. The van der Waals surface area contributed by atoms with Crippen molar-refractivity contribution in [1.82, 2.24) is 5.43 Å². The van der Waals surface area contributed by atoms with Gasteiger partial charge < -0.3 is 14.9 Å². The van der Waals surface area contributed by atoms with Gasteiger partial charge in [-0.25, -0.2) is 5.43 Å². The lowest BCUT2D eigenvalue weighted by atomic mass is 10.1. The largest absolute Gasteiger partial charge is 0.507 e. The van der Waals surface area contributed by atoms with E-state index in [-0.39, 0.29) is 17.1 Å². The summed E-state index contributed by atoms with van der Waals surface area (Å²) in [6.07, 6.45) is 1.30. The third-order valence-corrected chi connectivity index (χ3v) is 4.31. The van der Waals surface area contributed by atoms with Crippen LogP contribution in [0.2, 0.25) is 0 Å². The number of nitrogens with zero attached hydrogens (tertiary/aromatic N) is 1. The number of hydrazone groups is 1. The van der Waals surface area contributed by atoms with Crippen LogP contribution >= 0.6 is 15.9 Å². The Kier molecular flexibility index (Phi) is 5.61. The van der Waals surface area contributed by atoms with Gasteiger partial charge in [0.05, 0.1) is 18.4 Å². The molecule has 7 heteroatoms. The first-order chi connectivity index (χ1) is 13.0. The summed E-state index contributed by atoms with van der Waals surface area (Å²) in [7, 11) is 0. The molecule has 27 heavy (non-hydrogen) atoms. The highest BCUT2D eigenvalue weighted by atomic mass is 79.9. The molecule has 0 fully saturated rings. The van der Waals surface area contributed by atoms with Crippen LogP contribution in [0, 0.1) is 0 Å². The Balaban J connectivity index is 1.81.